The number of nitrogens with zero attached hydrogens (tertiary/aromatic N) is 1. The van der Waals surface area contributed by atoms with E-state index < -0.39 is 21.0 Å². The van der Waals surface area contributed by atoms with Gasteiger partial charge in [0.15, 0.2) is 0 Å². The Bertz CT molecular complexity index is 296. The highest BCUT2D eigenvalue weighted by molar-refractivity contribution is 6.60. The molecule has 0 aliphatic heterocycles. The topological polar surface area (TPSA) is 83.5 Å². The molecule has 0 spiro atoms. The van der Waals surface area contributed by atoms with Crippen LogP contribution in [-0.2, 0) is 22.8 Å². The molecule has 0 saturated heterocycles. The first-order valence-corrected chi connectivity index (χ1v) is 8.69. The molecule has 21 heavy (non-hydrogen) atoms. The smallest absolute Gasteiger partial charge is 0.449 e. The lowest BCUT2D eigenvalue weighted by atomic mass is 10.4. The Labute approximate surface area is 126 Å². The molecule has 0 atom stereocenters. The fourth-order valence-electron chi connectivity index (χ4n) is 1.67. The fourth-order valence-corrected chi connectivity index (χ4v) is 3.37. The number of hydrogen-bond acceptors (Lipinski definition) is 7. The van der Waals surface area contributed by atoms with Crippen molar-refractivity contribution in [3.8, 4) is 0 Å². The predicted octanol–water partition coefficient (Wildman–Crippen LogP) is 1.87. The van der Waals surface area contributed by atoms with Gasteiger partial charge in [-0.2, -0.15) is 0 Å². The highest BCUT2D eigenvalue weighted by Gasteiger charge is 2.37. The first-order valence-electron chi connectivity index (χ1n) is 6.76. The van der Waals surface area contributed by atoms with E-state index in [2.05, 4.69) is 0 Å². The summed E-state index contributed by atoms with van der Waals surface area (Å²) in [5.74, 6) is 0. The second-order valence-corrected chi connectivity index (χ2v) is 7.04. The summed E-state index contributed by atoms with van der Waals surface area (Å²) in [6.07, 6.45) is -0.995. The van der Waals surface area contributed by atoms with Crippen molar-refractivity contribution in [1.82, 2.24) is 4.90 Å². The molecule has 0 aliphatic carbocycles. The van der Waals surface area contributed by atoms with Crippen molar-refractivity contribution >= 4 is 21.0 Å². The molecule has 0 radical (unpaired) electrons. The Morgan fingerprint density at radius 3 is 1.67 bits per heavy atom. The molecule has 0 aromatic heterocycles. The molecule has 0 heterocycles. The summed E-state index contributed by atoms with van der Waals surface area (Å²) in [5, 5.41) is 0. The van der Waals surface area contributed by atoms with Crippen LogP contribution in [0.1, 0.15) is 20.3 Å². The minimum absolute atomic E-state index is 0.141. The van der Waals surface area contributed by atoms with E-state index in [-0.39, 0.29) is 19.8 Å². The van der Waals surface area contributed by atoms with Crippen LogP contribution in [-0.4, -0.2) is 67.0 Å². The van der Waals surface area contributed by atoms with Crippen molar-refractivity contribution in [2.45, 2.75) is 26.3 Å². The predicted molar refractivity (Wildman–Crippen MR) is 77.0 cm³/mol. The van der Waals surface area contributed by atoms with Crippen LogP contribution >= 0.6 is 0 Å². The van der Waals surface area contributed by atoms with Crippen LogP contribution in [0.3, 0.4) is 0 Å². The Kier molecular flexibility index (Phi) is 9.96. The zero-order valence-electron chi connectivity index (χ0n) is 13.3. The SMILES string of the molecule is CCOC(=O)N(CCC[Si](OC)(OC)OC)C(=O)OCC. The number of hydrogen-bond donors (Lipinski definition) is 0. The molecular formula is C12H25NO7Si. The minimum atomic E-state index is -2.72. The molecule has 0 aromatic rings. The number of ether oxygens (including phenoxy) is 2. The summed E-state index contributed by atoms with van der Waals surface area (Å²) in [5.41, 5.74) is 0. The van der Waals surface area contributed by atoms with E-state index in [0.717, 1.165) is 4.90 Å². The van der Waals surface area contributed by atoms with E-state index in [1.165, 1.54) is 21.3 Å². The average molecular weight is 323 g/mol. The first kappa shape index (κ1) is 19.8. The van der Waals surface area contributed by atoms with E-state index in [4.69, 9.17) is 22.8 Å². The minimum Gasteiger partial charge on any atom is -0.449 e. The summed E-state index contributed by atoms with van der Waals surface area (Å²) < 4.78 is 25.5. The third-order valence-electron chi connectivity index (χ3n) is 2.77. The van der Waals surface area contributed by atoms with Crippen LogP contribution in [0.5, 0.6) is 0 Å². The van der Waals surface area contributed by atoms with Crippen LogP contribution in [0.2, 0.25) is 6.04 Å². The third-order valence-corrected chi connectivity index (χ3v) is 5.61. The van der Waals surface area contributed by atoms with Crippen molar-refractivity contribution in [3.05, 3.63) is 0 Å². The monoisotopic (exact) mass is 323 g/mol. The van der Waals surface area contributed by atoms with Gasteiger partial charge in [0.2, 0.25) is 0 Å². The number of amides is 2. The van der Waals surface area contributed by atoms with Crippen molar-refractivity contribution < 1.29 is 32.3 Å². The highest BCUT2D eigenvalue weighted by atomic mass is 28.4. The average Bonchev–Trinajstić information content (AvgIpc) is 2.48. The second kappa shape index (κ2) is 10.5. The Hall–Kier alpha value is -1.16. The van der Waals surface area contributed by atoms with Gasteiger partial charge in [0.25, 0.3) is 0 Å². The Morgan fingerprint density at radius 1 is 0.905 bits per heavy atom. The molecule has 0 unspecified atom stereocenters. The van der Waals surface area contributed by atoms with Crippen molar-refractivity contribution in [2.24, 2.45) is 0 Å². The highest BCUT2D eigenvalue weighted by Crippen LogP contribution is 2.16. The van der Waals surface area contributed by atoms with Crippen LogP contribution in [0.15, 0.2) is 0 Å². The van der Waals surface area contributed by atoms with Crippen molar-refractivity contribution in [3.63, 3.8) is 0 Å². The van der Waals surface area contributed by atoms with Crippen LogP contribution in [0, 0.1) is 0 Å². The molecular weight excluding hydrogens is 298 g/mol. The van der Waals surface area contributed by atoms with E-state index in [0.29, 0.717) is 12.5 Å². The summed E-state index contributed by atoms with van der Waals surface area (Å²) in [6.45, 7) is 3.84. The number of carbonyl (C=O) groups is 2. The lowest BCUT2D eigenvalue weighted by molar-refractivity contribution is 0.0795. The van der Waals surface area contributed by atoms with Gasteiger partial charge in [-0.15, -0.1) is 0 Å². The maximum atomic E-state index is 11.7. The summed E-state index contributed by atoms with van der Waals surface area (Å²) >= 11 is 0. The zero-order valence-corrected chi connectivity index (χ0v) is 14.3. The van der Waals surface area contributed by atoms with E-state index in [1.54, 1.807) is 13.8 Å². The normalized spacial score (nSPS) is 11.1. The molecule has 0 aromatic carbocycles. The van der Waals surface area contributed by atoms with Gasteiger partial charge in [0.05, 0.1) is 13.2 Å². The molecule has 124 valence electrons. The molecule has 8 nitrogen and oxygen atoms in total. The van der Waals surface area contributed by atoms with E-state index in [1.807, 2.05) is 0 Å². The number of carbonyl (C=O) groups excluding carboxylic acids is 2. The third kappa shape index (κ3) is 6.42. The van der Waals surface area contributed by atoms with Gasteiger partial charge < -0.3 is 22.8 Å². The summed E-state index contributed by atoms with van der Waals surface area (Å²) in [6, 6.07) is 0.464. The molecule has 0 bridgehead atoms. The lowest BCUT2D eigenvalue weighted by Crippen LogP contribution is -2.44. The van der Waals surface area contributed by atoms with E-state index >= 15 is 0 Å². The molecule has 2 amide bonds. The zero-order chi connectivity index (χ0) is 16.3. The summed E-state index contributed by atoms with van der Waals surface area (Å²) in [7, 11) is 1.80. The maximum absolute atomic E-state index is 11.7. The standard InChI is InChI=1S/C12H25NO7Si/c1-6-19-11(14)13(12(15)20-7-2)9-8-10-21(16-3,17-4)18-5/h6-10H2,1-5H3. The molecule has 9 heteroatoms. The molecule has 0 saturated carbocycles. The maximum Gasteiger partial charge on any atom is 0.500 e. The van der Waals surface area contributed by atoms with Gasteiger partial charge in [0, 0.05) is 33.9 Å². The van der Waals surface area contributed by atoms with Gasteiger partial charge in [-0.1, -0.05) is 0 Å². The quantitative estimate of drug-likeness (QED) is 0.599. The molecule has 0 fully saturated rings. The van der Waals surface area contributed by atoms with Crippen molar-refractivity contribution in [2.75, 3.05) is 41.1 Å². The molecule has 0 aliphatic rings. The number of rotatable bonds is 9. The van der Waals surface area contributed by atoms with Crippen LogP contribution in [0.4, 0.5) is 9.59 Å². The molecule has 0 rings (SSSR count). The van der Waals surface area contributed by atoms with Gasteiger partial charge in [-0.3, -0.25) is 0 Å². The Morgan fingerprint density at radius 2 is 1.33 bits per heavy atom. The second-order valence-electron chi connectivity index (χ2n) is 3.95. The van der Waals surface area contributed by atoms with Gasteiger partial charge in [0.1, 0.15) is 0 Å². The fraction of sp³-hybridized carbons (Fsp3) is 0.833. The van der Waals surface area contributed by atoms with Gasteiger partial charge in [-0.05, 0) is 20.3 Å². The largest absolute Gasteiger partial charge is 0.500 e. The number of imide groups is 1. The Balaban J connectivity index is 4.61. The van der Waals surface area contributed by atoms with Crippen LogP contribution < -0.4 is 0 Å². The van der Waals surface area contributed by atoms with Gasteiger partial charge >= 0.3 is 21.0 Å². The van der Waals surface area contributed by atoms with E-state index in [9.17, 15) is 9.59 Å². The van der Waals surface area contributed by atoms with Gasteiger partial charge in [-0.25, -0.2) is 14.5 Å². The lowest BCUT2D eigenvalue weighted by Gasteiger charge is -2.25. The van der Waals surface area contributed by atoms with Crippen molar-refractivity contribution in [1.29, 1.82) is 0 Å². The first-order chi connectivity index (χ1) is 10.00. The molecule has 0 N–H and O–H groups in total. The van der Waals surface area contributed by atoms with Crippen LogP contribution in [0.25, 0.3) is 0 Å². The summed E-state index contributed by atoms with van der Waals surface area (Å²) in [4.78, 5) is 24.4.